The molecule has 4 heterocycles. The number of fused-ring (bicyclic) bond motifs is 1. The molecular formula is C19H25N3O3. The van der Waals surface area contributed by atoms with Gasteiger partial charge in [0, 0.05) is 25.8 Å². The van der Waals surface area contributed by atoms with Crippen molar-refractivity contribution in [1.82, 2.24) is 9.88 Å². The molecule has 1 spiro atoms. The van der Waals surface area contributed by atoms with Gasteiger partial charge >= 0.3 is 5.97 Å². The highest BCUT2D eigenvalue weighted by Crippen LogP contribution is 2.44. The van der Waals surface area contributed by atoms with Gasteiger partial charge in [-0.2, -0.15) is 0 Å². The number of hydrogen-bond donors (Lipinski definition) is 1. The van der Waals surface area contributed by atoms with Crippen molar-refractivity contribution in [3.8, 4) is 0 Å². The first-order valence-corrected chi connectivity index (χ1v) is 9.16. The summed E-state index contributed by atoms with van der Waals surface area (Å²) >= 11 is 0. The van der Waals surface area contributed by atoms with Gasteiger partial charge in [-0.15, -0.1) is 0 Å². The Morgan fingerprint density at radius 3 is 2.92 bits per heavy atom. The number of carboxylic acids is 1. The van der Waals surface area contributed by atoms with Crippen molar-refractivity contribution in [3.05, 3.63) is 24.6 Å². The van der Waals surface area contributed by atoms with Gasteiger partial charge in [0.1, 0.15) is 17.4 Å². The van der Waals surface area contributed by atoms with Crippen molar-refractivity contribution in [1.29, 1.82) is 0 Å². The Morgan fingerprint density at radius 1 is 1.40 bits per heavy atom. The van der Waals surface area contributed by atoms with Gasteiger partial charge < -0.3 is 14.4 Å². The van der Waals surface area contributed by atoms with E-state index in [1.54, 1.807) is 12.5 Å². The molecule has 2 aliphatic rings. The van der Waals surface area contributed by atoms with Crippen LogP contribution in [0.2, 0.25) is 0 Å². The maximum Gasteiger partial charge on any atom is 0.320 e. The minimum Gasteiger partial charge on any atom is -0.480 e. The highest BCUT2D eigenvalue weighted by atomic mass is 16.4. The number of anilines is 1. The number of likely N-dealkylation sites (tertiary alicyclic amines) is 1. The van der Waals surface area contributed by atoms with Crippen LogP contribution in [0.25, 0.3) is 11.0 Å². The van der Waals surface area contributed by atoms with Crippen LogP contribution in [0.5, 0.6) is 0 Å². The molecule has 2 aromatic rings. The number of carbonyl (C=O) groups is 1. The van der Waals surface area contributed by atoms with E-state index in [1.165, 1.54) is 0 Å². The van der Waals surface area contributed by atoms with E-state index in [0.717, 1.165) is 68.6 Å². The summed E-state index contributed by atoms with van der Waals surface area (Å²) in [7, 11) is 0. The minimum atomic E-state index is -0.669. The summed E-state index contributed by atoms with van der Waals surface area (Å²) in [5.74, 6) is 0.317. The van der Waals surface area contributed by atoms with E-state index in [1.807, 2.05) is 12.1 Å². The molecule has 0 bridgehead atoms. The largest absolute Gasteiger partial charge is 0.480 e. The zero-order valence-electron chi connectivity index (χ0n) is 14.6. The number of aliphatic carboxylic acids is 1. The van der Waals surface area contributed by atoms with Crippen LogP contribution in [0.4, 0.5) is 5.82 Å². The molecule has 2 saturated heterocycles. The molecule has 4 rings (SSSR count). The third kappa shape index (κ3) is 2.88. The van der Waals surface area contributed by atoms with Gasteiger partial charge in [0.05, 0.1) is 11.6 Å². The highest BCUT2D eigenvalue weighted by molar-refractivity contribution is 5.88. The molecule has 0 amide bonds. The summed E-state index contributed by atoms with van der Waals surface area (Å²) < 4.78 is 5.49. The predicted octanol–water partition coefficient (Wildman–Crippen LogP) is 2.98. The molecule has 25 heavy (non-hydrogen) atoms. The normalized spacial score (nSPS) is 23.6. The molecule has 134 valence electrons. The number of furan rings is 1. The van der Waals surface area contributed by atoms with E-state index in [-0.39, 0.29) is 11.5 Å². The van der Waals surface area contributed by atoms with Crippen LogP contribution < -0.4 is 4.90 Å². The fourth-order valence-corrected chi connectivity index (χ4v) is 4.60. The quantitative estimate of drug-likeness (QED) is 0.920. The van der Waals surface area contributed by atoms with Gasteiger partial charge in [0.2, 0.25) is 0 Å². The molecule has 1 atom stereocenters. The second-order valence-corrected chi connectivity index (χ2v) is 7.48. The number of piperidine rings is 1. The Kier molecular flexibility index (Phi) is 4.15. The Bertz CT molecular complexity index is 764. The zero-order chi connectivity index (χ0) is 17.4. The van der Waals surface area contributed by atoms with E-state index in [4.69, 9.17) is 4.42 Å². The Labute approximate surface area is 147 Å². The van der Waals surface area contributed by atoms with Gasteiger partial charge in [0.25, 0.3) is 0 Å². The topological polar surface area (TPSA) is 69.8 Å². The Balaban J connectivity index is 1.50. The zero-order valence-corrected chi connectivity index (χ0v) is 14.6. The van der Waals surface area contributed by atoms with Crippen LogP contribution in [0.1, 0.15) is 32.6 Å². The molecule has 0 radical (unpaired) electrons. The second kappa shape index (κ2) is 6.33. The summed E-state index contributed by atoms with van der Waals surface area (Å²) in [6.07, 6.45) is 7.32. The first-order valence-electron chi connectivity index (χ1n) is 9.16. The molecule has 2 aromatic heterocycles. The van der Waals surface area contributed by atoms with Gasteiger partial charge in [-0.3, -0.25) is 9.69 Å². The summed E-state index contributed by atoms with van der Waals surface area (Å²) in [6.45, 7) is 5.74. The van der Waals surface area contributed by atoms with Gasteiger partial charge in [-0.1, -0.05) is 6.92 Å². The number of carboxylic acid groups (broad SMARTS) is 1. The average Bonchev–Trinajstić information content (AvgIpc) is 3.21. The Morgan fingerprint density at radius 2 is 2.20 bits per heavy atom. The van der Waals surface area contributed by atoms with Crippen LogP contribution in [-0.4, -0.2) is 53.2 Å². The molecule has 0 aliphatic carbocycles. The van der Waals surface area contributed by atoms with E-state index >= 15 is 0 Å². The lowest BCUT2D eigenvalue weighted by atomic mass is 9.76. The maximum atomic E-state index is 11.6. The summed E-state index contributed by atoms with van der Waals surface area (Å²) in [5.41, 5.74) is 1.00. The molecule has 0 aromatic carbocycles. The third-order valence-electron chi connectivity index (χ3n) is 5.88. The lowest BCUT2D eigenvalue weighted by Gasteiger charge is -2.40. The first kappa shape index (κ1) is 16.4. The first-order chi connectivity index (χ1) is 12.1. The number of pyridine rings is 1. The number of hydrogen-bond acceptors (Lipinski definition) is 5. The highest BCUT2D eigenvalue weighted by Gasteiger charge is 2.47. The lowest BCUT2D eigenvalue weighted by molar-refractivity contribution is -0.142. The van der Waals surface area contributed by atoms with Crippen LogP contribution >= 0.6 is 0 Å². The summed E-state index contributed by atoms with van der Waals surface area (Å²) in [4.78, 5) is 20.7. The summed E-state index contributed by atoms with van der Waals surface area (Å²) in [5, 5.41) is 10.6. The minimum absolute atomic E-state index is 0.138. The fraction of sp³-hybridized carbons (Fsp3) is 0.579. The van der Waals surface area contributed by atoms with Crippen molar-refractivity contribution in [3.63, 3.8) is 0 Å². The van der Waals surface area contributed by atoms with E-state index in [9.17, 15) is 9.90 Å². The Hall–Kier alpha value is -2.08. The lowest BCUT2D eigenvalue weighted by Crippen LogP contribution is -2.42. The van der Waals surface area contributed by atoms with Gasteiger partial charge in [-0.05, 0) is 49.8 Å². The van der Waals surface area contributed by atoms with E-state index in [2.05, 4.69) is 21.7 Å². The molecule has 0 unspecified atom stereocenters. The molecular weight excluding hydrogens is 318 g/mol. The SMILES string of the molecule is CCCN1CC2(CCN(c3nccc4occc34)CC2)C[C@@H]1C(=O)O. The van der Waals surface area contributed by atoms with Crippen molar-refractivity contribution in [2.45, 2.75) is 38.6 Å². The van der Waals surface area contributed by atoms with Crippen LogP contribution in [0.15, 0.2) is 29.0 Å². The number of rotatable bonds is 4. The second-order valence-electron chi connectivity index (χ2n) is 7.48. The van der Waals surface area contributed by atoms with Crippen molar-refractivity contribution in [2.75, 3.05) is 31.1 Å². The standard InChI is InChI=1S/C19H25N3O3/c1-2-8-22-13-19(12-15(22)18(23)24)5-9-21(10-6-19)17-14-4-11-25-16(14)3-7-20-17/h3-4,7,11,15H,2,5-6,8-10,12-13H2,1H3,(H,23,24)/t15-/m1/s1. The molecule has 0 saturated carbocycles. The van der Waals surface area contributed by atoms with E-state index < -0.39 is 5.97 Å². The smallest absolute Gasteiger partial charge is 0.320 e. The maximum absolute atomic E-state index is 11.6. The number of nitrogens with zero attached hydrogens (tertiary/aromatic N) is 3. The average molecular weight is 343 g/mol. The molecule has 1 N–H and O–H groups in total. The predicted molar refractivity (Wildman–Crippen MR) is 95.8 cm³/mol. The van der Waals surface area contributed by atoms with Gasteiger partial charge in [0.15, 0.2) is 0 Å². The van der Waals surface area contributed by atoms with E-state index in [0.29, 0.717) is 0 Å². The summed E-state index contributed by atoms with van der Waals surface area (Å²) in [6, 6.07) is 3.55. The van der Waals surface area contributed by atoms with Crippen molar-refractivity contribution in [2.24, 2.45) is 5.41 Å². The van der Waals surface area contributed by atoms with Crippen molar-refractivity contribution < 1.29 is 14.3 Å². The van der Waals surface area contributed by atoms with Crippen molar-refractivity contribution >= 4 is 22.8 Å². The van der Waals surface area contributed by atoms with Gasteiger partial charge in [-0.25, -0.2) is 4.98 Å². The fourth-order valence-electron chi connectivity index (χ4n) is 4.60. The monoisotopic (exact) mass is 343 g/mol. The molecule has 2 fully saturated rings. The third-order valence-corrected chi connectivity index (χ3v) is 5.88. The molecule has 2 aliphatic heterocycles. The van der Waals surface area contributed by atoms with Crippen LogP contribution in [-0.2, 0) is 4.79 Å². The van der Waals surface area contributed by atoms with Crippen LogP contribution in [0, 0.1) is 5.41 Å². The number of aromatic nitrogens is 1. The molecule has 6 heteroatoms. The van der Waals surface area contributed by atoms with Crippen LogP contribution in [0.3, 0.4) is 0 Å². The molecule has 6 nitrogen and oxygen atoms in total.